The van der Waals surface area contributed by atoms with Crippen molar-refractivity contribution in [1.82, 2.24) is 4.90 Å². The number of carbonyl (C=O) groups is 2. The lowest BCUT2D eigenvalue weighted by Gasteiger charge is -2.45. The normalized spacial score (nSPS) is 23.2. The number of aliphatic carboxylic acids is 1. The van der Waals surface area contributed by atoms with Crippen molar-refractivity contribution in [2.45, 2.75) is 37.2 Å². The van der Waals surface area contributed by atoms with Crippen molar-refractivity contribution in [3.63, 3.8) is 0 Å². The summed E-state index contributed by atoms with van der Waals surface area (Å²) in [5, 5.41) is 9.57. The summed E-state index contributed by atoms with van der Waals surface area (Å²) in [6.07, 6.45) is 2.19. The third kappa shape index (κ3) is 3.21. The van der Waals surface area contributed by atoms with Crippen LogP contribution in [0.2, 0.25) is 5.02 Å². The Bertz CT molecular complexity index is 597. The number of hydrogen-bond donors (Lipinski definition) is 1. The second-order valence-corrected chi connectivity index (χ2v) is 6.72. The van der Waals surface area contributed by atoms with E-state index in [0.29, 0.717) is 24.7 Å². The predicted molar refractivity (Wildman–Crippen MR) is 85.6 cm³/mol. The first kappa shape index (κ1) is 16.3. The monoisotopic (exact) mass is 337 g/mol. The molecule has 5 nitrogen and oxygen atoms in total. The standard InChI is InChI=1S/C17H20ClNO4/c18-13-4-2-12(3-5-13)17(6-1-7-17)16(22)19-8-9-23-14(11-19)10-15(20)21/h2-5,14H,1,6-11H2,(H,20,21)/t14-/m0/s1. The van der Waals surface area contributed by atoms with Crippen molar-refractivity contribution in [2.75, 3.05) is 19.7 Å². The highest BCUT2D eigenvalue weighted by Gasteiger charge is 2.48. The van der Waals surface area contributed by atoms with E-state index in [2.05, 4.69) is 0 Å². The van der Waals surface area contributed by atoms with E-state index >= 15 is 0 Å². The Morgan fingerprint density at radius 3 is 2.57 bits per heavy atom. The molecule has 3 rings (SSSR count). The molecule has 2 aliphatic rings. The minimum atomic E-state index is -0.902. The van der Waals surface area contributed by atoms with Crippen LogP contribution >= 0.6 is 11.6 Å². The fourth-order valence-corrected chi connectivity index (χ4v) is 3.58. The minimum absolute atomic E-state index is 0.0717. The zero-order valence-corrected chi connectivity index (χ0v) is 13.6. The van der Waals surface area contributed by atoms with Gasteiger partial charge in [0.2, 0.25) is 5.91 Å². The quantitative estimate of drug-likeness (QED) is 0.916. The molecule has 1 saturated heterocycles. The molecule has 1 amide bonds. The van der Waals surface area contributed by atoms with Crippen LogP contribution in [-0.2, 0) is 19.7 Å². The van der Waals surface area contributed by atoms with Gasteiger partial charge in [0.05, 0.1) is 24.5 Å². The van der Waals surface area contributed by atoms with Crippen molar-refractivity contribution < 1.29 is 19.4 Å². The summed E-state index contributed by atoms with van der Waals surface area (Å²) in [5.74, 6) is -0.815. The molecule has 6 heteroatoms. The average Bonchev–Trinajstić information content (AvgIpc) is 2.47. The Morgan fingerprint density at radius 1 is 1.30 bits per heavy atom. The van der Waals surface area contributed by atoms with Crippen molar-refractivity contribution in [3.8, 4) is 0 Å². The predicted octanol–water partition coefficient (Wildman–Crippen LogP) is 2.46. The van der Waals surface area contributed by atoms with Crippen LogP contribution < -0.4 is 0 Å². The van der Waals surface area contributed by atoms with Crippen LogP contribution in [0, 0.1) is 0 Å². The average molecular weight is 338 g/mol. The van der Waals surface area contributed by atoms with Crippen LogP contribution in [-0.4, -0.2) is 47.7 Å². The number of ether oxygens (including phenoxy) is 1. The number of carboxylic acids is 1. The van der Waals surface area contributed by atoms with E-state index in [1.165, 1.54) is 0 Å². The number of hydrogen-bond acceptors (Lipinski definition) is 3. The molecule has 2 fully saturated rings. The number of morpholine rings is 1. The first-order chi connectivity index (χ1) is 11.0. The lowest BCUT2D eigenvalue weighted by molar-refractivity contribution is -0.153. The molecule has 1 aliphatic carbocycles. The van der Waals surface area contributed by atoms with E-state index in [1.54, 1.807) is 4.90 Å². The molecule has 0 aromatic heterocycles. The van der Waals surface area contributed by atoms with Crippen LogP contribution in [0.3, 0.4) is 0 Å². The molecule has 1 N–H and O–H groups in total. The molecular weight excluding hydrogens is 318 g/mol. The fourth-order valence-electron chi connectivity index (χ4n) is 3.45. The summed E-state index contributed by atoms with van der Waals surface area (Å²) in [4.78, 5) is 25.7. The summed E-state index contributed by atoms with van der Waals surface area (Å²) in [6.45, 7) is 1.26. The Labute approximate surface area is 140 Å². The van der Waals surface area contributed by atoms with Gasteiger partial charge in [0, 0.05) is 18.1 Å². The van der Waals surface area contributed by atoms with Gasteiger partial charge in [-0.2, -0.15) is 0 Å². The minimum Gasteiger partial charge on any atom is -0.481 e. The van der Waals surface area contributed by atoms with E-state index in [9.17, 15) is 9.59 Å². The molecule has 1 aromatic rings. The fraction of sp³-hybridized carbons (Fsp3) is 0.529. The molecular formula is C17H20ClNO4. The third-order valence-electron chi connectivity index (χ3n) is 4.84. The van der Waals surface area contributed by atoms with E-state index in [4.69, 9.17) is 21.4 Å². The van der Waals surface area contributed by atoms with Gasteiger partial charge in [-0.15, -0.1) is 0 Å². The van der Waals surface area contributed by atoms with E-state index in [1.807, 2.05) is 24.3 Å². The summed E-state index contributed by atoms with van der Waals surface area (Å²) < 4.78 is 5.46. The molecule has 0 bridgehead atoms. The zero-order chi connectivity index (χ0) is 16.4. The maximum absolute atomic E-state index is 13.1. The number of carbonyl (C=O) groups excluding carboxylic acids is 1. The highest BCUT2D eigenvalue weighted by atomic mass is 35.5. The molecule has 23 heavy (non-hydrogen) atoms. The Balaban J connectivity index is 1.77. The Hall–Kier alpha value is -1.59. The first-order valence-corrected chi connectivity index (χ1v) is 8.28. The largest absolute Gasteiger partial charge is 0.481 e. The number of amides is 1. The molecule has 1 saturated carbocycles. The van der Waals surface area contributed by atoms with E-state index in [0.717, 1.165) is 24.8 Å². The van der Waals surface area contributed by atoms with Crippen LogP contribution in [0.1, 0.15) is 31.2 Å². The van der Waals surface area contributed by atoms with Crippen molar-refractivity contribution in [1.29, 1.82) is 0 Å². The van der Waals surface area contributed by atoms with Gasteiger partial charge in [0.1, 0.15) is 0 Å². The molecule has 1 aliphatic heterocycles. The van der Waals surface area contributed by atoms with E-state index in [-0.39, 0.29) is 12.3 Å². The van der Waals surface area contributed by atoms with Crippen LogP contribution in [0.15, 0.2) is 24.3 Å². The lowest BCUT2D eigenvalue weighted by Crippen LogP contribution is -2.55. The van der Waals surface area contributed by atoms with Crippen LogP contribution in [0.4, 0.5) is 0 Å². The highest BCUT2D eigenvalue weighted by molar-refractivity contribution is 6.30. The number of nitrogens with zero attached hydrogens (tertiary/aromatic N) is 1. The lowest BCUT2D eigenvalue weighted by atomic mass is 9.63. The first-order valence-electron chi connectivity index (χ1n) is 7.90. The molecule has 124 valence electrons. The van der Waals surface area contributed by atoms with Crippen molar-refractivity contribution in [3.05, 3.63) is 34.9 Å². The van der Waals surface area contributed by atoms with Crippen LogP contribution in [0.5, 0.6) is 0 Å². The number of benzene rings is 1. The Kier molecular flexibility index (Phi) is 4.60. The smallest absolute Gasteiger partial charge is 0.306 e. The van der Waals surface area contributed by atoms with Gasteiger partial charge in [-0.05, 0) is 30.5 Å². The second-order valence-electron chi connectivity index (χ2n) is 6.28. The molecule has 0 unspecified atom stereocenters. The topological polar surface area (TPSA) is 66.8 Å². The SMILES string of the molecule is O=C(O)C[C@H]1CN(C(=O)C2(c3ccc(Cl)cc3)CCC2)CCO1. The third-order valence-corrected chi connectivity index (χ3v) is 5.09. The summed E-state index contributed by atoms with van der Waals surface area (Å²) in [7, 11) is 0. The molecule has 1 atom stereocenters. The van der Waals surface area contributed by atoms with Crippen molar-refractivity contribution >= 4 is 23.5 Å². The highest BCUT2D eigenvalue weighted by Crippen LogP contribution is 2.45. The summed E-state index contributed by atoms with van der Waals surface area (Å²) in [5.41, 5.74) is 0.523. The van der Waals surface area contributed by atoms with Crippen molar-refractivity contribution in [2.24, 2.45) is 0 Å². The summed E-state index contributed by atoms with van der Waals surface area (Å²) in [6, 6.07) is 7.48. The van der Waals surface area contributed by atoms with Gasteiger partial charge in [0.15, 0.2) is 0 Å². The zero-order valence-electron chi connectivity index (χ0n) is 12.8. The second kappa shape index (κ2) is 6.49. The number of halogens is 1. The van der Waals surface area contributed by atoms with Gasteiger partial charge in [-0.3, -0.25) is 9.59 Å². The maximum atomic E-state index is 13.1. The van der Waals surface area contributed by atoms with Gasteiger partial charge in [-0.25, -0.2) is 0 Å². The molecule has 0 radical (unpaired) electrons. The molecule has 1 aromatic carbocycles. The van der Waals surface area contributed by atoms with Gasteiger partial charge in [0.25, 0.3) is 0 Å². The number of rotatable bonds is 4. The van der Waals surface area contributed by atoms with Gasteiger partial charge >= 0.3 is 5.97 Å². The van der Waals surface area contributed by atoms with Gasteiger partial charge < -0.3 is 14.7 Å². The van der Waals surface area contributed by atoms with Crippen LogP contribution in [0.25, 0.3) is 0 Å². The Morgan fingerprint density at radius 2 is 2.00 bits per heavy atom. The maximum Gasteiger partial charge on any atom is 0.306 e. The number of carboxylic acid groups (broad SMARTS) is 1. The van der Waals surface area contributed by atoms with Gasteiger partial charge in [-0.1, -0.05) is 30.2 Å². The molecule has 1 heterocycles. The summed E-state index contributed by atoms with van der Waals surface area (Å²) >= 11 is 5.95. The molecule has 0 spiro atoms. The van der Waals surface area contributed by atoms with E-state index < -0.39 is 17.5 Å².